The van der Waals surface area contributed by atoms with E-state index >= 15 is 0 Å². The standard InChI is InChI=1S/C15H15N5O/c1-10-11(8-18-20(10)2)7-17-19-15(21)13-9-16-14-6-4-3-5-12(13)14/h3-9,16H,1-2H3,(H,19,21)/b17-7-. The highest BCUT2D eigenvalue weighted by Crippen LogP contribution is 2.17. The lowest BCUT2D eigenvalue weighted by Crippen LogP contribution is -2.17. The van der Waals surface area contributed by atoms with Gasteiger partial charge in [-0.1, -0.05) is 18.2 Å². The highest BCUT2D eigenvalue weighted by molar-refractivity contribution is 6.06. The maximum atomic E-state index is 12.1. The number of carbonyl (C=O) groups is 1. The lowest BCUT2D eigenvalue weighted by atomic mass is 10.2. The summed E-state index contributed by atoms with van der Waals surface area (Å²) in [5.74, 6) is -0.245. The molecule has 2 heterocycles. The molecule has 0 spiro atoms. The number of fused-ring (bicyclic) bond motifs is 1. The van der Waals surface area contributed by atoms with Crippen molar-refractivity contribution in [1.29, 1.82) is 0 Å². The number of aromatic nitrogens is 3. The van der Waals surface area contributed by atoms with Crippen molar-refractivity contribution >= 4 is 23.0 Å². The van der Waals surface area contributed by atoms with Gasteiger partial charge < -0.3 is 4.98 Å². The summed E-state index contributed by atoms with van der Waals surface area (Å²) in [6, 6.07) is 7.64. The van der Waals surface area contributed by atoms with Gasteiger partial charge in [0.25, 0.3) is 5.91 Å². The van der Waals surface area contributed by atoms with E-state index in [9.17, 15) is 4.79 Å². The minimum Gasteiger partial charge on any atom is -0.360 e. The van der Waals surface area contributed by atoms with Crippen LogP contribution in [0.1, 0.15) is 21.6 Å². The minimum absolute atomic E-state index is 0.245. The molecule has 3 rings (SSSR count). The molecule has 2 aromatic heterocycles. The zero-order valence-electron chi connectivity index (χ0n) is 11.8. The number of hydrogen-bond donors (Lipinski definition) is 2. The molecule has 0 aliphatic heterocycles. The first-order valence-corrected chi connectivity index (χ1v) is 6.55. The van der Waals surface area contributed by atoms with Gasteiger partial charge in [-0.15, -0.1) is 0 Å². The molecule has 6 nitrogen and oxygen atoms in total. The predicted molar refractivity (Wildman–Crippen MR) is 81.3 cm³/mol. The number of aromatic amines is 1. The van der Waals surface area contributed by atoms with Crippen LogP contribution in [-0.4, -0.2) is 26.9 Å². The summed E-state index contributed by atoms with van der Waals surface area (Å²) in [4.78, 5) is 15.2. The van der Waals surface area contributed by atoms with Crippen LogP contribution in [0.2, 0.25) is 0 Å². The first-order chi connectivity index (χ1) is 10.2. The molecule has 0 bridgehead atoms. The second-order valence-electron chi connectivity index (χ2n) is 4.76. The van der Waals surface area contributed by atoms with Crippen molar-refractivity contribution in [3.05, 3.63) is 53.5 Å². The molecule has 0 saturated heterocycles. The lowest BCUT2D eigenvalue weighted by molar-refractivity contribution is 0.0957. The molecule has 2 N–H and O–H groups in total. The Kier molecular flexibility index (Phi) is 3.27. The highest BCUT2D eigenvalue weighted by Gasteiger charge is 2.10. The summed E-state index contributed by atoms with van der Waals surface area (Å²) >= 11 is 0. The number of carbonyl (C=O) groups excluding carboxylic acids is 1. The Hall–Kier alpha value is -2.89. The van der Waals surface area contributed by atoms with Crippen LogP contribution in [0.3, 0.4) is 0 Å². The van der Waals surface area contributed by atoms with E-state index in [0.29, 0.717) is 5.56 Å². The van der Waals surface area contributed by atoms with Crippen LogP contribution in [0, 0.1) is 6.92 Å². The fourth-order valence-corrected chi connectivity index (χ4v) is 2.12. The van der Waals surface area contributed by atoms with Crippen LogP contribution in [0.4, 0.5) is 0 Å². The van der Waals surface area contributed by atoms with Crippen LogP contribution < -0.4 is 5.43 Å². The third kappa shape index (κ3) is 2.43. The van der Waals surface area contributed by atoms with Gasteiger partial charge in [-0.05, 0) is 13.0 Å². The van der Waals surface area contributed by atoms with E-state index in [0.717, 1.165) is 22.2 Å². The summed E-state index contributed by atoms with van der Waals surface area (Å²) < 4.78 is 1.75. The molecular formula is C15H15N5O. The van der Waals surface area contributed by atoms with E-state index in [1.165, 1.54) is 0 Å². The van der Waals surface area contributed by atoms with Gasteiger partial charge in [-0.2, -0.15) is 10.2 Å². The molecule has 0 radical (unpaired) electrons. The predicted octanol–water partition coefficient (Wildman–Crippen LogP) is 1.97. The van der Waals surface area contributed by atoms with Gasteiger partial charge in [-0.3, -0.25) is 9.48 Å². The van der Waals surface area contributed by atoms with E-state index in [-0.39, 0.29) is 5.91 Å². The Morgan fingerprint density at radius 3 is 3.00 bits per heavy atom. The van der Waals surface area contributed by atoms with Crippen molar-refractivity contribution in [3.8, 4) is 0 Å². The molecule has 0 atom stereocenters. The van der Waals surface area contributed by atoms with E-state index in [2.05, 4.69) is 20.6 Å². The van der Waals surface area contributed by atoms with Crippen LogP contribution >= 0.6 is 0 Å². The smallest absolute Gasteiger partial charge is 0.273 e. The van der Waals surface area contributed by atoms with Gasteiger partial charge >= 0.3 is 0 Å². The molecule has 3 aromatic rings. The summed E-state index contributed by atoms with van der Waals surface area (Å²) in [6.45, 7) is 1.94. The van der Waals surface area contributed by atoms with Crippen molar-refractivity contribution in [1.82, 2.24) is 20.2 Å². The number of H-pyrrole nitrogens is 1. The van der Waals surface area contributed by atoms with Crippen molar-refractivity contribution in [2.24, 2.45) is 12.1 Å². The molecule has 0 saturated carbocycles. The average Bonchev–Trinajstić information content (AvgIpc) is 3.05. The molecule has 0 aliphatic carbocycles. The number of hydrogen-bond acceptors (Lipinski definition) is 3. The average molecular weight is 281 g/mol. The van der Waals surface area contributed by atoms with Gasteiger partial charge in [0, 0.05) is 35.4 Å². The van der Waals surface area contributed by atoms with Crippen LogP contribution in [0.25, 0.3) is 10.9 Å². The number of nitrogens with one attached hydrogen (secondary N) is 2. The van der Waals surface area contributed by atoms with Gasteiger partial charge in [0.15, 0.2) is 0 Å². The maximum Gasteiger partial charge on any atom is 0.273 e. The lowest BCUT2D eigenvalue weighted by Gasteiger charge is -1.98. The molecule has 106 valence electrons. The number of hydrazone groups is 1. The minimum atomic E-state index is -0.245. The maximum absolute atomic E-state index is 12.1. The van der Waals surface area contributed by atoms with Crippen molar-refractivity contribution in [2.75, 3.05) is 0 Å². The Morgan fingerprint density at radius 2 is 2.24 bits per heavy atom. The summed E-state index contributed by atoms with van der Waals surface area (Å²) in [5, 5.41) is 8.98. The van der Waals surface area contributed by atoms with Gasteiger partial charge in [0.2, 0.25) is 0 Å². The number of rotatable bonds is 3. The second kappa shape index (κ2) is 5.24. The Bertz CT molecular complexity index is 828. The summed E-state index contributed by atoms with van der Waals surface area (Å²) in [5.41, 5.74) is 5.89. The van der Waals surface area contributed by atoms with Crippen molar-refractivity contribution in [2.45, 2.75) is 6.92 Å². The van der Waals surface area contributed by atoms with Crippen LogP contribution in [0.15, 0.2) is 41.8 Å². The quantitative estimate of drug-likeness (QED) is 0.569. The topological polar surface area (TPSA) is 75.1 Å². The number of amides is 1. The number of benzene rings is 1. The molecular weight excluding hydrogens is 266 g/mol. The number of para-hydroxylation sites is 1. The molecule has 0 unspecified atom stereocenters. The zero-order valence-corrected chi connectivity index (χ0v) is 11.8. The third-order valence-electron chi connectivity index (χ3n) is 3.48. The molecule has 1 aromatic carbocycles. The molecule has 6 heteroatoms. The molecule has 0 aliphatic rings. The Morgan fingerprint density at radius 1 is 1.43 bits per heavy atom. The van der Waals surface area contributed by atoms with Crippen molar-refractivity contribution < 1.29 is 4.79 Å². The van der Waals surface area contributed by atoms with E-state index in [1.807, 2.05) is 38.2 Å². The molecule has 21 heavy (non-hydrogen) atoms. The van der Waals surface area contributed by atoms with E-state index in [4.69, 9.17) is 0 Å². The van der Waals surface area contributed by atoms with Crippen LogP contribution in [0.5, 0.6) is 0 Å². The SMILES string of the molecule is Cc1c(/C=N\NC(=O)c2c[nH]c3ccccc23)cnn1C. The fourth-order valence-electron chi connectivity index (χ4n) is 2.12. The summed E-state index contributed by atoms with van der Waals surface area (Å²) in [7, 11) is 1.86. The number of nitrogens with zero attached hydrogens (tertiary/aromatic N) is 3. The van der Waals surface area contributed by atoms with Crippen molar-refractivity contribution in [3.63, 3.8) is 0 Å². The van der Waals surface area contributed by atoms with E-state index in [1.54, 1.807) is 23.3 Å². The van der Waals surface area contributed by atoms with Crippen LogP contribution in [-0.2, 0) is 7.05 Å². The highest BCUT2D eigenvalue weighted by atomic mass is 16.2. The first kappa shape index (κ1) is 13.1. The van der Waals surface area contributed by atoms with E-state index < -0.39 is 0 Å². The Balaban J connectivity index is 1.76. The van der Waals surface area contributed by atoms with Gasteiger partial charge in [0.1, 0.15) is 0 Å². The second-order valence-corrected chi connectivity index (χ2v) is 4.76. The number of aryl methyl sites for hydroxylation is 1. The van der Waals surface area contributed by atoms with Gasteiger partial charge in [0.05, 0.1) is 18.0 Å². The zero-order chi connectivity index (χ0) is 14.8. The van der Waals surface area contributed by atoms with Gasteiger partial charge in [-0.25, -0.2) is 5.43 Å². The molecule has 1 amide bonds. The Labute approximate surface area is 121 Å². The summed E-state index contributed by atoms with van der Waals surface area (Å²) in [6.07, 6.45) is 4.98. The largest absolute Gasteiger partial charge is 0.360 e. The monoisotopic (exact) mass is 281 g/mol. The first-order valence-electron chi connectivity index (χ1n) is 6.55. The fraction of sp³-hybridized carbons (Fsp3) is 0.133. The normalized spacial score (nSPS) is 11.3. The third-order valence-corrected chi connectivity index (χ3v) is 3.48. The molecule has 0 fully saturated rings.